The summed E-state index contributed by atoms with van der Waals surface area (Å²) in [6.07, 6.45) is 37.7. The third kappa shape index (κ3) is 24.8. The second-order valence-electron chi connectivity index (χ2n) is 35.8. The van der Waals surface area contributed by atoms with Gasteiger partial charge in [0.25, 0.3) is 11.1 Å². The average Bonchev–Trinajstić information content (AvgIpc) is 1.71. The quantitative estimate of drug-likeness (QED) is 0.0213. The number of benzene rings is 4. The largest absolute Gasteiger partial charge is 0.442 e. The number of urea groups is 1. The number of carbonyl (C=O) groups is 5. The molecule has 0 bridgehead atoms. The first-order valence-corrected chi connectivity index (χ1v) is 46.0. The number of piperidine rings is 4. The van der Waals surface area contributed by atoms with E-state index in [0.29, 0.717) is 96.5 Å². The Morgan fingerprint density at radius 1 is 0.487 bits per heavy atom. The molecule has 0 aliphatic carbocycles. The Bertz CT molecular complexity index is 4710. The predicted molar refractivity (Wildman–Crippen MR) is 476 cm³/mol. The lowest BCUT2D eigenvalue weighted by atomic mass is 9.88. The van der Waals surface area contributed by atoms with Crippen LogP contribution in [0.3, 0.4) is 0 Å². The Hall–Kier alpha value is -8.77. The number of nitrogens with one attached hydrogen (secondary N) is 4. The van der Waals surface area contributed by atoms with E-state index in [9.17, 15) is 33.6 Å². The highest BCUT2D eigenvalue weighted by molar-refractivity contribution is 5.90. The molecule has 0 radical (unpaired) electrons. The van der Waals surface area contributed by atoms with Gasteiger partial charge in [-0.3, -0.25) is 43.7 Å². The number of piperazine rings is 2. The van der Waals surface area contributed by atoms with Crippen molar-refractivity contribution in [3.63, 3.8) is 0 Å². The topological polar surface area (TPSA) is 245 Å². The summed E-state index contributed by atoms with van der Waals surface area (Å²) in [6, 6.07) is 28.1. The smallest absolute Gasteiger partial charge is 0.318 e. The molecule has 8 aromatic rings. The van der Waals surface area contributed by atoms with Crippen molar-refractivity contribution in [2.75, 3.05) is 119 Å². The number of nitrogens with zero attached hydrogens (tertiary/aromatic N) is 11. The van der Waals surface area contributed by atoms with Crippen molar-refractivity contribution >= 4 is 73.3 Å². The Morgan fingerprint density at radius 2 is 0.950 bits per heavy atom. The van der Waals surface area contributed by atoms with Gasteiger partial charge in [-0.05, 0) is 200 Å². The SMILES string of the molecule is CCCCCCCCCCCCCCCCCCCCCC(=O)OCn1cc2cc(C[C@@H](NC(=O)N3CCC(c4cc5ccccc5[nH]c4=O)CC3)C(=O)N3CCN(C4CCN(C)CC4)CC3)cc(C)c2n1.Cc1cc(C[C@@H](CC(=O)N2CCC(c3cc4ccccc4[nH]c3=O)CC2)C(=O)N2CCN(C3CCN(C)CC3)CC2)cc2cn[nH]c12. The van der Waals surface area contributed by atoms with E-state index < -0.39 is 12.0 Å². The first-order chi connectivity index (χ1) is 58.0. The van der Waals surface area contributed by atoms with Crippen molar-refractivity contribution in [1.82, 2.24) is 74.5 Å². The number of ether oxygens (including phenoxy) is 1. The normalized spacial score (nSPS) is 18.1. The number of fused-ring (bicyclic) bond motifs is 4. The maximum atomic E-state index is 14.5. The number of carbonyl (C=O) groups excluding carboxylic acids is 5. The minimum absolute atomic E-state index is 0.0280. The van der Waals surface area contributed by atoms with Gasteiger partial charge < -0.3 is 49.4 Å². The standard InChI is InChI=1S/C59H90N8O5.C37H47N7O3/c1-4-5-6-7-8-9-10-11-12-13-14-15-16-17-18-19-20-21-22-27-55(68)72-45-67-44-50-41-47(40-46(2)56(50)62-67)42-54(58(70)65-38-36-64(37-39-65)51-30-32-63(3)33-31-51)61-59(71)66-34-28-48(29-35-66)52-43-49-25-23-24-26-53(49)60-57(52)69;1-25-19-26(21-30-24-38-40-35(25)30)20-29(37(47)44-17-15-42(16-18-44)31-9-11-41(2)12-10-31)23-34(45)43-13-7-27(8-14-43)32-22-28-5-3-4-6-33(28)39-36(32)46/h23-26,40-41,43-44,48,51,54H,4-22,27-39,42,45H2,1-3H3,(H,60,69)(H,61,71);3-6,19,21-22,24,27,29,31H,7-18,20,23H2,1-2H3,(H,38,40)(H,39,46)/t54-;29-/m10/s1. The van der Waals surface area contributed by atoms with Crippen LogP contribution in [0, 0.1) is 19.8 Å². The summed E-state index contributed by atoms with van der Waals surface area (Å²) in [5.74, 6) is -0.422. The van der Waals surface area contributed by atoms with Crippen molar-refractivity contribution in [2.45, 2.75) is 257 Å². The van der Waals surface area contributed by atoms with Gasteiger partial charge in [-0.15, -0.1) is 0 Å². The molecular weight excluding hydrogens is 1490 g/mol. The lowest BCUT2D eigenvalue weighted by Gasteiger charge is -2.43. The maximum absolute atomic E-state index is 14.5. The highest BCUT2D eigenvalue weighted by Gasteiger charge is 2.37. The zero-order chi connectivity index (χ0) is 83.0. The molecule has 4 aromatic carbocycles. The molecule has 6 fully saturated rings. The molecule has 23 heteroatoms. The summed E-state index contributed by atoms with van der Waals surface area (Å²) in [6.45, 7) is 19.1. The van der Waals surface area contributed by atoms with Crippen LogP contribution in [-0.2, 0) is 43.5 Å². The van der Waals surface area contributed by atoms with E-state index in [-0.39, 0.29) is 65.8 Å². The van der Waals surface area contributed by atoms with Gasteiger partial charge in [-0.25, -0.2) is 9.48 Å². The molecule has 10 heterocycles. The number of aryl methyl sites for hydroxylation is 2. The molecule has 6 aliphatic heterocycles. The summed E-state index contributed by atoms with van der Waals surface area (Å²) in [7, 11) is 4.37. The molecule has 4 N–H and O–H groups in total. The van der Waals surface area contributed by atoms with Gasteiger partial charge in [0.15, 0.2) is 6.73 Å². The summed E-state index contributed by atoms with van der Waals surface area (Å²) in [5.41, 5.74) is 8.97. The molecule has 5 amide bonds. The number of likely N-dealkylation sites (tertiary alicyclic amines) is 4. The fourth-order valence-corrected chi connectivity index (χ4v) is 19.7. The summed E-state index contributed by atoms with van der Waals surface area (Å²) >= 11 is 0. The van der Waals surface area contributed by atoms with Crippen LogP contribution in [0.5, 0.6) is 0 Å². The Balaban J connectivity index is 0.000000224. The van der Waals surface area contributed by atoms with Gasteiger partial charge in [-0.2, -0.15) is 10.2 Å². The number of unbranched alkanes of at least 4 members (excludes halogenated alkanes) is 18. The number of aromatic amines is 3. The number of H-pyrrole nitrogens is 3. The fraction of sp³-hybridized carbons (Fsp3) is 0.615. The van der Waals surface area contributed by atoms with E-state index in [2.05, 4.69) is 91.2 Å². The van der Waals surface area contributed by atoms with Crippen LogP contribution in [0.25, 0.3) is 43.6 Å². The van der Waals surface area contributed by atoms with Crippen LogP contribution in [-0.4, -0.2) is 236 Å². The molecule has 4 aromatic heterocycles. The Kier molecular flexibility index (Phi) is 32.7. The highest BCUT2D eigenvalue weighted by Crippen LogP contribution is 2.33. The minimum Gasteiger partial charge on any atom is -0.442 e. The van der Waals surface area contributed by atoms with Crippen LogP contribution in [0.4, 0.5) is 4.79 Å². The number of amides is 5. The summed E-state index contributed by atoms with van der Waals surface area (Å²) in [4.78, 5) is 119. The Morgan fingerprint density at radius 3 is 1.47 bits per heavy atom. The molecule has 0 unspecified atom stereocenters. The maximum Gasteiger partial charge on any atom is 0.318 e. The van der Waals surface area contributed by atoms with Crippen LogP contribution in [0.2, 0.25) is 0 Å². The molecule has 14 rings (SSSR count). The van der Waals surface area contributed by atoms with Crippen LogP contribution < -0.4 is 16.4 Å². The number of rotatable bonds is 35. The van der Waals surface area contributed by atoms with Crippen LogP contribution in [0.1, 0.15) is 238 Å². The van der Waals surface area contributed by atoms with E-state index in [0.717, 1.165) is 174 Å². The van der Waals surface area contributed by atoms with Gasteiger partial charge in [0.2, 0.25) is 17.7 Å². The minimum atomic E-state index is -0.759. The van der Waals surface area contributed by atoms with E-state index in [4.69, 9.17) is 9.84 Å². The first kappa shape index (κ1) is 88.0. The second kappa shape index (κ2) is 44.2. The van der Waals surface area contributed by atoms with E-state index >= 15 is 0 Å². The Labute approximate surface area is 705 Å². The molecule has 644 valence electrons. The molecule has 23 nitrogen and oxygen atoms in total. The van der Waals surface area contributed by atoms with Gasteiger partial charge in [0.05, 0.1) is 23.1 Å². The lowest BCUT2D eigenvalue weighted by Crippen LogP contribution is -2.59. The first-order valence-electron chi connectivity index (χ1n) is 46.0. The third-order valence-electron chi connectivity index (χ3n) is 27.1. The van der Waals surface area contributed by atoms with Crippen molar-refractivity contribution < 1.29 is 28.7 Å². The fourth-order valence-electron chi connectivity index (χ4n) is 19.7. The van der Waals surface area contributed by atoms with Crippen molar-refractivity contribution in [3.8, 4) is 0 Å². The second-order valence-corrected chi connectivity index (χ2v) is 35.8. The summed E-state index contributed by atoms with van der Waals surface area (Å²) in [5, 5.41) is 19.2. The predicted octanol–water partition coefficient (Wildman–Crippen LogP) is 15.2. The van der Waals surface area contributed by atoms with Crippen molar-refractivity contribution in [2.24, 2.45) is 5.92 Å². The molecular formula is C96H137N15O8. The van der Waals surface area contributed by atoms with Crippen LogP contribution >= 0.6 is 0 Å². The van der Waals surface area contributed by atoms with Gasteiger partial charge in [0, 0.05) is 149 Å². The average molecular weight is 1630 g/mol. The molecule has 2 atom stereocenters. The van der Waals surface area contributed by atoms with Crippen molar-refractivity contribution in [3.05, 3.63) is 151 Å². The van der Waals surface area contributed by atoms with Gasteiger partial charge >= 0.3 is 12.0 Å². The van der Waals surface area contributed by atoms with Crippen LogP contribution in [0.15, 0.2) is 107 Å². The third-order valence-corrected chi connectivity index (χ3v) is 27.1. The van der Waals surface area contributed by atoms with E-state index in [1.807, 2.05) is 101 Å². The van der Waals surface area contributed by atoms with Gasteiger partial charge in [-0.1, -0.05) is 171 Å². The number of hydrogen-bond donors (Lipinski definition) is 4. The van der Waals surface area contributed by atoms with Gasteiger partial charge in [0.1, 0.15) is 6.04 Å². The molecule has 0 saturated carbocycles. The monoisotopic (exact) mass is 1630 g/mol. The van der Waals surface area contributed by atoms with E-state index in [1.165, 1.54) is 116 Å². The number of aromatic nitrogens is 6. The zero-order valence-electron chi connectivity index (χ0n) is 72.3. The molecule has 6 aliphatic rings. The number of hydrogen-bond acceptors (Lipinski definition) is 14. The molecule has 119 heavy (non-hydrogen) atoms. The zero-order valence-corrected chi connectivity index (χ0v) is 72.3. The lowest BCUT2D eigenvalue weighted by molar-refractivity contribution is -0.148. The summed E-state index contributed by atoms with van der Waals surface area (Å²) < 4.78 is 7.35. The number of esters is 1. The van der Waals surface area contributed by atoms with E-state index in [1.54, 1.807) is 9.58 Å². The molecule has 6 saturated heterocycles. The number of pyridine rings is 2. The molecule has 0 spiro atoms. The number of para-hydroxylation sites is 2. The highest BCUT2D eigenvalue weighted by atomic mass is 16.5. The van der Waals surface area contributed by atoms with Crippen molar-refractivity contribution in [1.29, 1.82) is 0 Å².